The highest BCUT2D eigenvalue weighted by Crippen LogP contribution is 2.30. The van der Waals surface area contributed by atoms with E-state index in [-0.39, 0.29) is 0 Å². The largest absolute Gasteiger partial charge is 0.397 e. The number of anilines is 2. The molecule has 0 spiro atoms. The van der Waals surface area contributed by atoms with E-state index in [0.717, 1.165) is 18.8 Å². The van der Waals surface area contributed by atoms with Gasteiger partial charge in [0.05, 0.1) is 21.4 Å². The monoisotopic (exact) mass is 305 g/mol. The first-order valence-corrected chi connectivity index (χ1v) is 7.86. The van der Waals surface area contributed by atoms with Gasteiger partial charge in [0, 0.05) is 37.7 Å². The zero-order chi connectivity index (χ0) is 13.0. The van der Waals surface area contributed by atoms with Crippen LogP contribution in [0.2, 0.25) is 10.0 Å². The number of thioether (sulfide) groups is 1. The van der Waals surface area contributed by atoms with Crippen LogP contribution in [0.15, 0.2) is 12.1 Å². The highest BCUT2D eigenvalue weighted by atomic mass is 35.5. The van der Waals surface area contributed by atoms with Gasteiger partial charge in [0.1, 0.15) is 0 Å². The third kappa shape index (κ3) is 3.85. The third-order valence-electron chi connectivity index (χ3n) is 2.94. The maximum absolute atomic E-state index is 5.97. The lowest BCUT2D eigenvalue weighted by atomic mass is 10.2. The predicted molar refractivity (Wildman–Crippen MR) is 83.1 cm³/mol. The molecule has 0 aliphatic carbocycles. The van der Waals surface area contributed by atoms with Gasteiger partial charge in [-0.25, -0.2) is 0 Å². The van der Waals surface area contributed by atoms with Gasteiger partial charge in [-0.1, -0.05) is 23.2 Å². The second-order valence-electron chi connectivity index (χ2n) is 4.23. The SMILES string of the molecule is Nc1cc(Cl)c(Cl)cc1NCCN1CCSCC1. The number of hydrogen-bond donors (Lipinski definition) is 2. The summed E-state index contributed by atoms with van der Waals surface area (Å²) in [4.78, 5) is 2.46. The van der Waals surface area contributed by atoms with Gasteiger partial charge in [0.15, 0.2) is 0 Å². The zero-order valence-electron chi connectivity index (χ0n) is 10.1. The smallest absolute Gasteiger partial charge is 0.0614 e. The Morgan fingerprint density at radius 2 is 1.89 bits per heavy atom. The number of nitrogens with one attached hydrogen (secondary N) is 1. The van der Waals surface area contributed by atoms with Crippen molar-refractivity contribution in [2.45, 2.75) is 0 Å². The molecule has 3 N–H and O–H groups in total. The van der Waals surface area contributed by atoms with E-state index >= 15 is 0 Å². The van der Waals surface area contributed by atoms with Gasteiger partial charge in [-0.3, -0.25) is 4.90 Å². The molecule has 0 bridgehead atoms. The van der Waals surface area contributed by atoms with E-state index in [1.807, 2.05) is 11.8 Å². The van der Waals surface area contributed by atoms with Crippen LogP contribution in [0.4, 0.5) is 11.4 Å². The van der Waals surface area contributed by atoms with Crippen molar-refractivity contribution in [3.05, 3.63) is 22.2 Å². The lowest BCUT2D eigenvalue weighted by Gasteiger charge is -2.26. The fourth-order valence-electron chi connectivity index (χ4n) is 1.89. The summed E-state index contributed by atoms with van der Waals surface area (Å²) in [7, 11) is 0. The van der Waals surface area contributed by atoms with E-state index in [9.17, 15) is 0 Å². The van der Waals surface area contributed by atoms with Gasteiger partial charge in [0.2, 0.25) is 0 Å². The van der Waals surface area contributed by atoms with E-state index in [2.05, 4.69) is 10.2 Å². The molecule has 0 aromatic heterocycles. The standard InChI is InChI=1S/C12H17Cl2N3S/c13-9-7-11(15)12(8-10(9)14)16-1-2-17-3-5-18-6-4-17/h7-8,16H,1-6,15H2. The maximum Gasteiger partial charge on any atom is 0.0614 e. The number of nitrogens with zero attached hydrogens (tertiary/aromatic N) is 1. The van der Waals surface area contributed by atoms with E-state index < -0.39 is 0 Å². The molecule has 1 aromatic carbocycles. The van der Waals surface area contributed by atoms with Crippen molar-refractivity contribution in [1.29, 1.82) is 0 Å². The number of hydrogen-bond acceptors (Lipinski definition) is 4. The van der Waals surface area contributed by atoms with Crippen LogP contribution >= 0.6 is 35.0 Å². The van der Waals surface area contributed by atoms with Crippen molar-refractivity contribution in [2.24, 2.45) is 0 Å². The minimum absolute atomic E-state index is 0.493. The average Bonchev–Trinajstić information content (AvgIpc) is 2.37. The number of nitrogen functional groups attached to an aromatic ring is 1. The molecular formula is C12H17Cl2N3S. The summed E-state index contributed by atoms with van der Waals surface area (Å²) in [6.07, 6.45) is 0. The molecular weight excluding hydrogens is 289 g/mol. The Kier molecular flexibility index (Phi) is 5.30. The summed E-state index contributed by atoms with van der Waals surface area (Å²) in [5.41, 5.74) is 7.38. The van der Waals surface area contributed by atoms with E-state index in [1.54, 1.807) is 12.1 Å². The van der Waals surface area contributed by atoms with Gasteiger partial charge in [-0.2, -0.15) is 11.8 Å². The van der Waals surface area contributed by atoms with E-state index in [0.29, 0.717) is 15.7 Å². The molecule has 1 fully saturated rings. The van der Waals surface area contributed by atoms with Gasteiger partial charge in [-0.05, 0) is 12.1 Å². The molecule has 0 saturated carbocycles. The summed E-state index contributed by atoms with van der Waals surface area (Å²) in [6.45, 7) is 4.24. The van der Waals surface area contributed by atoms with Crippen LogP contribution in [0, 0.1) is 0 Å². The minimum atomic E-state index is 0.493. The van der Waals surface area contributed by atoms with Crippen molar-refractivity contribution in [2.75, 3.05) is 48.7 Å². The van der Waals surface area contributed by atoms with Gasteiger partial charge < -0.3 is 11.1 Å². The molecule has 1 heterocycles. The summed E-state index contributed by atoms with van der Waals surface area (Å²) in [5, 5.41) is 4.34. The van der Waals surface area contributed by atoms with Gasteiger partial charge in [-0.15, -0.1) is 0 Å². The van der Waals surface area contributed by atoms with Crippen molar-refractivity contribution < 1.29 is 0 Å². The Balaban J connectivity index is 1.84. The summed E-state index contributed by atoms with van der Waals surface area (Å²) in [5.74, 6) is 2.46. The Morgan fingerprint density at radius 3 is 2.61 bits per heavy atom. The highest BCUT2D eigenvalue weighted by Gasteiger charge is 2.10. The first-order chi connectivity index (χ1) is 8.66. The van der Waals surface area contributed by atoms with Crippen molar-refractivity contribution in [1.82, 2.24) is 4.90 Å². The third-order valence-corrected chi connectivity index (χ3v) is 4.60. The van der Waals surface area contributed by atoms with Crippen molar-refractivity contribution in [3.63, 3.8) is 0 Å². The average molecular weight is 306 g/mol. The molecule has 1 aliphatic rings. The van der Waals surface area contributed by atoms with Crippen molar-refractivity contribution >= 4 is 46.3 Å². The molecule has 2 rings (SSSR count). The maximum atomic E-state index is 5.97. The minimum Gasteiger partial charge on any atom is -0.397 e. The predicted octanol–water partition coefficient (Wildman–Crippen LogP) is 3.04. The van der Waals surface area contributed by atoms with Crippen molar-refractivity contribution in [3.8, 4) is 0 Å². The van der Waals surface area contributed by atoms with Crippen LogP contribution in [0.25, 0.3) is 0 Å². The molecule has 1 saturated heterocycles. The second kappa shape index (κ2) is 6.75. The van der Waals surface area contributed by atoms with Crippen LogP contribution in [-0.2, 0) is 0 Å². The Bertz CT molecular complexity index is 409. The molecule has 6 heteroatoms. The van der Waals surface area contributed by atoms with Gasteiger partial charge in [0.25, 0.3) is 0 Å². The zero-order valence-corrected chi connectivity index (χ0v) is 12.4. The van der Waals surface area contributed by atoms with Crippen LogP contribution in [0.1, 0.15) is 0 Å². The summed E-state index contributed by atoms with van der Waals surface area (Å²) in [6, 6.07) is 3.47. The number of benzene rings is 1. The quantitative estimate of drug-likeness (QED) is 0.839. The molecule has 0 radical (unpaired) electrons. The van der Waals surface area contributed by atoms with Gasteiger partial charge >= 0.3 is 0 Å². The fraction of sp³-hybridized carbons (Fsp3) is 0.500. The molecule has 1 aromatic rings. The first kappa shape index (κ1) is 14.1. The molecule has 100 valence electrons. The Morgan fingerprint density at radius 1 is 1.22 bits per heavy atom. The highest BCUT2D eigenvalue weighted by molar-refractivity contribution is 7.99. The summed E-state index contributed by atoms with van der Waals surface area (Å²) < 4.78 is 0. The molecule has 1 aliphatic heterocycles. The Hall–Kier alpha value is -0.290. The first-order valence-electron chi connectivity index (χ1n) is 5.95. The summed E-state index contributed by atoms with van der Waals surface area (Å²) >= 11 is 13.9. The second-order valence-corrected chi connectivity index (χ2v) is 6.27. The number of rotatable bonds is 4. The van der Waals surface area contributed by atoms with Crippen LogP contribution in [0.5, 0.6) is 0 Å². The topological polar surface area (TPSA) is 41.3 Å². The van der Waals surface area contributed by atoms with Crippen LogP contribution in [-0.4, -0.2) is 42.6 Å². The van der Waals surface area contributed by atoms with Crippen LogP contribution < -0.4 is 11.1 Å². The molecule has 0 atom stereocenters. The molecule has 0 unspecified atom stereocenters. The normalized spacial score (nSPS) is 16.8. The number of nitrogens with two attached hydrogens (primary N) is 1. The van der Waals surface area contributed by atoms with Crippen LogP contribution in [0.3, 0.4) is 0 Å². The fourth-order valence-corrected chi connectivity index (χ4v) is 3.20. The number of halogens is 2. The molecule has 3 nitrogen and oxygen atoms in total. The van der Waals surface area contributed by atoms with E-state index in [1.165, 1.54) is 24.6 Å². The Labute approximate surface area is 122 Å². The lowest BCUT2D eigenvalue weighted by molar-refractivity contribution is 0.314. The molecule has 0 amide bonds. The molecule has 18 heavy (non-hydrogen) atoms. The van der Waals surface area contributed by atoms with E-state index in [4.69, 9.17) is 28.9 Å². The lowest BCUT2D eigenvalue weighted by Crippen LogP contribution is -2.36.